The highest BCUT2D eigenvalue weighted by molar-refractivity contribution is 9.10. The molecule has 2 N–H and O–H groups in total. The topological polar surface area (TPSA) is 67.4 Å². The fraction of sp³-hybridized carbons (Fsp3) is 0.222. The SMILES string of the molecule is CCCNC(=O)c1ccccc1OCC(=O)Nc1ccc(Br)cc1. The Kier molecular flexibility index (Phi) is 6.81. The van der Waals surface area contributed by atoms with Crippen molar-refractivity contribution in [2.75, 3.05) is 18.5 Å². The van der Waals surface area contributed by atoms with Gasteiger partial charge < -0.3 is 15.4 Å². The summed E-state index contributed by atoms with van der Waals surface area (Å²) in [4.78, 5) is 24.1. The van der Waals surface area contributed by atoms with Crippen LogP contribution >= 0.6 is 15.9 Å². The summed E-state index contributed by atoms with van der Waals surface area (Å²) < 4.78 is 6.45. The summed E-state index contributed by atoms with van der Waals surface area (Å²) in [5.41, 5.74) is 1.10. The van der Waals surface area contributed by atoms with Crippen LogP contribution in [-0.4, -0.2) is 25.0 Å². The predicted octanol–water partition coefficient (Wildman–Crippen LogP) is 3.61. The smallest absolute Gasteiger partial charge is 0.262 e. The molecular formula is C18H19BrN2O3. The Morgan fingerprint density at radius 2 is 1.79 bits per heavy atom. The average molecular weight is 391 g/mol. The molecule has 0 saturated heterocycles. The van der Waals surface area contributed by atoms with Crippen LogP contribution in [-0.2, 0) is 4.79 Å². The molecule has 0 unspecified atom stereocenters. The number of hydrogen-bond donors (Lipinski definition) is 2. The van der Waals surface area contributed by atoms with E-state index in [0.717, 1.165) is 10.9 Å². The lowest BCUT2D eigenvalue weighted by molar-refractivity contribution is -0.118. The van der Waals surface area contributed by atoms with E-state index in [4.69, 9.17) is 4.74 Å². The summed E-state index contributed by atoms with van der Waals surface area (Å²) in [6.07, 6.45) is 0.852. The zero-order valence-corrected chi connectivity index (χ0v) is 14.9. The summed E-state index contributed by atoms with van der Waals surface area (Å²) in [6, 6.07) is 14.1. The van der Waals surface area contributed by atoms with Gasteiger partial charge in [0.1, 0.15) is 5.75 Å². The largest absolute Gasteiger partial charge is 0.483 e. The van der Waals surface area contributed by atoms with E-state index in [9.17, 15) is 9.59 Å². The molecule has 2 amide bonds. The molecule has 2 aromatic rings. The lowest BCUT2D eigenvalue weighted by Crippen LogP contribution is -2.25. The van der Waals surface area contributed by atoms with Crippen LogP contribution in [0.5, 0.6) is 5.75 Å². The molecule has 6 heteroatoms. The molecule has 2 aromatic carbocycles. The van der Waals surface area contributed by atoms with E-state index in [-0.39, 0.29) is 18.4 Å². The lowest BCUT2D eigenvalue weighted by Gasteiger charge is -2.11. The fourth-order valence-electron chi connectivity index (χ4n) is 1.99. The Morgan fingerprint density at radius 1 is 1.08 bits per heavy atom. The van der Waals surface area contributed by atoms with Crippen LogP contribution in [0.4, 0.5) is 5.69 Å². The number of amides is 2. The molecule has 0 spiro atoms. The highest BCUT2D eigenvalue weighted by Crippen LogP contribution is 2.18. The van der Waals surface area contributed by atoms with Crippen molar-refractivity contribution in [1.29, 1.82) is 0 Å². The molecule has 0 aliphatic heterocycles. The maximum atomic E-state index is 12.1. The van der Waals surface area contributed by atoms with Crippen molar-refractivity contribution in [3.63, 3.8) is 0 Å². The molecule has 0 atom stereocenters. The molecule has 0 aliphatic rings. The zero-order chi connectivity index (χ0) is 17.4. The summed E-state index contributed by atoms with van der Waals surface area (Å²) >= 11 is 3.34. The van der Waals surface area contributed by atoms with Crippen molar-refractivity contribution in [3.05, 3.63) is 58.6 Å². The van der Waals surface area contributed by atoms with Crippen LogP contribution in [0.25, 0.3) is 0 Å². The molecule has 126 valence electrons. The molecule has 0 radical (unpaired) electrons. The normalized spacial score (nSPS) is 10.1. The van der Waals surface area contributed by atoms with Gasteiger partial charge in [-0.15, -0.1) is 0 Å². The van der Waals surface area contributed by atoms with E-state index in [1.54, 1.807) is 36.4 Å². The number of carbonyl (C=O) groups excluding carboxylic acids is 2. The second kappa shape index (κ2) is 9.08. The highest BCUT2D eigenvalue weighted by atomic mass is 79.9. The van der Waals surface area contributed by atoms with Gasteiger partial charge in [0, 0.05) is 16.7 Å². The third-order valence-corrected chi connectivity index (χ3v) is 3.68. The zero-order valence-electron chi connectivity index (χ0n) is 13.3. The minimum Gasteiger partial charge on any atom is -0.483 e. The first-order valence-corrected chi connectivity index (χ1v) is 8.45. The Balaban J connectivity index is 1.95. The maximum absolute atomic E-state index is 12.1. The Bertz CT molecular complexity index is 702. The number of ether oxygens (including phenoxy) is 1. The number of hydrogen-bond acceptors (Lipinski definition) is 3. The first-order valence-electron chi connectivity index (χ1n) is 7.65. The maximum Gasteiger partial charge on any atom is 0.262 e. The minimum absolute atomic E-state index is 0.172. The van der Waals surface area contributed by atoms with Gasteiger partial charge in [-0.25, -0.2) is 0 Å². The van der Waals surface area contributed by atoms with Crippen molar-refractivity contribution in [2.45, 2.75) is 13.3 Å². The summed E-state index contributed by atoms with van der Waals surface area (Å²) in [6.45, 7) is 2.40. The van der Waals surface area contributed by atoms with Gasteiger partial charge in [-0.3, -0.25) is 9.59 Å². The van der Waals surface area contributed by atoms with Gasteiger partial charge in [0.25, 0.3) is 11.8 Å². The molecule has 5 nitrogen and oxygen atoms in total. The predicted molar refractivity (Wildman–Crippen MR) is 97.3 cm³/mol. The molecule has 0 saturated carbocycles. The van der Waals surface area contributed by atoms with Gasteiger partial charge in [-0.1, -0.05) is 35.0 Å². The fourth-order valence-corrected chi connectivity index (χ4v) is 2.25. The van der Waals surface area contributed by atoms with Crippen molar-refractivity contribution in [1.82, 2.24) is 5.32 Å². The molecule has 0 fully saturated rings. The standard InChI is InChI=1S/C18H19BrN2O3/c1-2-11-20-18(23)15-5-3-4-6-16(15)24-12-17(22)21-14-9-7-13(19)8-10-14/h3-10H,2,11-12H2,1H3,(H,20,23)(H,21,22). The van der Waals surface area contributed by atoms with Crippen molar-refractivity contribution in [3.8, 4) is 5.75 Å². The second-order valence-corrected chi connectivity index (χ2v) is 6.01. The van der Waals surface area contributed by atoms with E-state index >= 15 is 0 Å². The molecule has 24 heavy (non-hydrogen) atoms. The number of carbonyl (C=O) groups is 2. The van der Waals surface area contributed by atoms with Gasteiger partial charge in [0.05, 0.1) is 5.56 Å². The van der Waals surface area contributed by atoms with E-state index < -0.39 is 0 Å². The van der Waals surface area contributed by atoms with Crippen molar-refractivity contribution < 1.29 is 14.3 Å². The first-order chi connectivity index (χ1) is 11.6. The van der Waals surface area contributed by atoms with Gasteiger partial charge in [-0.05, 0) is 42.8 Å². The van der Waals surface area contributed by atoms with Crippen LogP contribution in [0.3, 0.4) is 0 Å². The molecule has 0 heterocycles. The van der Waals surface area contributed by atoms with E-state index in [0.29, 0.717) is 23.5 Å². The number of nitrogens with one attached hydrogen (secondary N) is 2. The lowest BCUT2D eigenvalue weighted by atomic mass is 10.2. The van der Waals surface area contributed by atoms with Crippen molar-refractivity contribution >= 4 is 33.4 Å². The number of benzene rings is 2. The average Bonchev–Trinajstić information content (AvgIpc) is 2.60. The van der Waals surface area contributed by atoms with Crippen molar-refractivity contribution in [2.24, 2.45) is 0 Å². The third kappa shape index (κ3) is 5.38. The Hall–Kier alpha value is -2.34. The highest BCUT2D eigenvalue weighted by Gasteiger charge is 2.12. The second-order valence-electron chi connectivity index (χ2n) is 5.10. The molecule has 0 bridgehead atoms. The van der Waals surface area contributed by atoms with Crippen LogP contribution < -0.4 is 15.4 Å². The number of anilines is 1. The molecule has 0 aliphatic carbocycles. The minimum atomic E-state index is -0.291. The summed E-state index contributed by atoms with van der Waals surface area (Å²) in [7, 11) is 0. The summed E-state index contributed by atoms with van der Waals surface area (Å²) in [5.74, 6) is -0.112. The number of para-hydroxylation sites is 1. The summed E-state index contributed by atoms with van der Waals surface area (Å²) in [5, 5.41) is 5.53. The number of halogens is 1. The van der Waals surface area contributed by atoms with Gasteiger partial charge in [0.15, 0.2) is 6.61 Å². The van der Waals surface area contributed by atoms with E-state index in [1.807, 2.05) is 19.1 Å². The van der Waals surface area contributed by atoms with Crippen LogP contribution in [0.1, 0.15) is 23.7 Å². The first kappa shape index (κ1) is 18.0. The molecule has 0 aromatic heterocycles. The third-order valence-electron chi connectivity index (χ3n) is 3.15. The Morgan fingerprint density at radius 3 is 2.50 bits per heavy atom. The monoisotopic (exact) mass is 390 g/mol. The van der Waals surface area contributed by atoms with E-state index in [1.165, 1.54) is 0 Å². The van der Waals surface area contributed by atoms with Gasteiger partial charge in [-0.2, -0.15) is 0 Å². The molecule has 2 rings (SSSR count). The number of rotatable bonds is 7. The quantitative estimate of drug-likeness (QED) is 0.758. The molecular weight excluding hydrogens is 372 g/mol. The van der Waals surface area contributed by atoms with Crippen LogP contribution in [0.2, 0.25) is 0 Å². The van der Waals surface area contributed by atoms with Crippen LogP contribution in [0, 0.1) is 0 Å². The van der Waals surface area contributed by atoms with E-state index in [2.05, 4.69) is 26.6 Å². The van der Waals surface area contributed by atoms with Crippen LogP contribution in [0.15, 0.2) is 53.0 Å². The Labute approximate surface area is 149 Å². The van der Waals surface area contributed by atoms with Gasteiger partial charge in [0.2, 0.25) is 0 Å². The van der Waals surface area contributed by atoms with Gasteiger partial charge >= 0.3 is 0 Å².